The van der Waals surface area contributed by atoms with E-state index in [1.54, 1.807) is 0 Å². The van der Waals surface area contributed by atoms with Gasteiger partial charge >= 0.3 is 0 Å². The van der Waals surface area contributed by atoms with Crippen LogP contribution in [0.2, 0.25) is 0 Å². The summed E-state index contributed by atoms with van der Waals surface area (Å²) in [5.41, 5.74) is 7.67. The van der Waals surface area contributed by atoms with E-state index in [1.165, 1.54) is 4.57 Å². The number of carbonyl (C=O) groups is 2. The predicted molar refractivity (Wildman–Crippen MR) is 127 cm³/mol. The Balaban J connectivity index is 1.96. The quantitative estimate of drug-likeness (QED) is 0.577. The van der Waals surface area contributed by atoms with Gasteiger partial charge in [-0.05, 0) is 51.0 Å². The van der Waals surface area contributed by atoms with Gasteiger partial charge < -0.3 is 21.3 Å². The first-order chi connectivity index (χ1) is 15.2. The zero-order valence-electron chi connectivity index (χ0n) is 19.2. The lowest BCUT2D eigenvalue weighted by Crippen LogP contribution is -2.34. The highest BCUT2D eigenvalue weighted by Crippen LogP contribution is 2.28. The molecule has 3 rings (SSSR count). The summed E-state index contributed by atoms with van der Waals surface area (Å²) in [5, 5.41) is 6.35. The molecule has 0 spiro atoms. The van der Waals surface area contributed by atoms with Gasteiger partial charge in [-0.15, -0.1) is 0 Å². The number of nitrogens with one attached hydrogen (secondary N) is 2. The zero-order valence-corrected chi connectivity index (χ0v) is 19.2. The van der Waals surface area contributed by atoms with Crippen molar-refractivity contribution >= 4 is 34.8 Å². The first kappa shape index (κ1) is 23.3. The normalized spacial score (nSPS) is 14.9. The summed E-state index contributed by atoms with van der Waals surface area (Å²) in [7, 11) is 0. The smallest absolute Gasteiger partial charge is 0.269 e. The maximum absolute atomic E-state index is 13.0. The topological polar surface area (TPSA) is 122 Å². The largest absolute Gasteiger partial charge is 0.370 e. The van der Waals surface area contributed by atoms with Gasteiger partial charge in [-0.2, -0.15) is 4.98 Å². The SMILES string of the molecule is CCC(C)Nc1nc(Nc2ccc(N3CCC(=O)CC3)c(C)c2)c(C(N)=O)c(=O)n1CC. The first-order valence-electron chi connectivity index (χ1n) is 11.1. The number of aryl methyl sites for hydroxylation is 1. The van der Waals surface area contributed by atoms with Crippen molar-refractivity contribution in [1.82, 2.24) is 9.55 Å². The van der Waals surface area contributed by atoms with Crippen LogP contribution in [-0.2, 0) is 11.3 Å². The van der Waals surface area contributed by atoms with Gasteiger partial charge in [0.1, 0.15) is 11.3 Å². The number of anilines is 4. The Kier molecular flexibility index (Phi) is 7.17. The fraction of sp³-hybridized carbons (Fsp3) is 0.478. The standard InChI is InChI=1S/C23H32N6O3/c1-5-15(4)25-23-27-21(19(20(24)31)22(32)29(23)6-2)26-16-7-8-18(14(3)13-16)28-11-9-17(30)10-12-28/h7-8,13,15,26H,5-6,9-12H2,1-4H3,(H2,24,31)(H,25,27). The summed E-state index contributed by atoms with van der Waals surface area (Å²) in [6.45, 7) is 9.61. The molecule has 1 aromatic heterocycles. The minimum atomic E-state index is -0.825. The summed E-state index contributed by atoms with van der Waals surface area (Å²) < 4.78 is 1.42. The molecule has 9 nitrogen and oxygen atoms in total. The number of piperidine rings is 1. The number of primary amides is 1. The van der Waals surface area contributed by atoms with Crippen LogP contribution in [-0.4, -0.2) is 40.4 Å². The van der Waals surface area contributed by atoms with Gasteiger partial charge in [0.2, 0.25) is 5.95 Å². The van der Waals surface area contributed by atoms with Crippen molar-refractivity contribution < 1.29 is 9.59 Å². The molecular weight excluding hydrogens is 408 g/mol. The summed E-state index contributed by atoms with van der Waals surface area (Å²) in [6, 6.07) is 5.89. The van der Waals surface area contributed by atoms with Crippen molar-refractivity contribution in [3.05, 3.63) is 39.7 Å². The molecule has 1 amide bonds. The molecule has 32 heavy (non-hydrogen) atoms. The van der Waals surface area contributed by atoms with E-state index in [1.807, 2.05) is 45.9 Å². The molecule has 1 aliphatic rings. The van der Waals surface area contributed by atoms with Crippen LogP contribution in [0.3, 0.4) is 0 Å². The number of ketones is 1. The van der Waals surface area contributed by atoms with Gasteiger partial charge in [0.25, 0.3) is 11.5 Å². The molecule has 1 atom stereocenters. The third kappa shape index (κ3) is 4.92. The van der Waals surface area contributed by atoms with E-state index >= 15 is 0 Å². The lowest BCUT2D eigenvalue weighted by atomic mass is 10.1. The van der Waals surface area contributed by atoms with Crippen LogP contribution in [0.25, 0.3) is 0 Å². The average molecular weight is 441 g/mol. The molecule has 0 aliphatic carbocycles. The minimum Gasteiger partial charge on any atom is -0.370 e. The molecule has 1 unspecified atom stereocenters. The zero-order chi connectivity index (χ0) is 23.4. The highest BCUT2D eigenvalue weighted by molar-refractivity contribution is 5.98. The number of nitrogens with two attached hydrogens (primary N) is 1. The van der Waals surface area contributed by atoms with Crippen LogP contribution in [0.1, 0.15) is 56.0 Å². The number of benzene rings is 1. The van der Waals surface area contributed by atoms with E-state index in [0.29, 0.717) is 49.9 Å². The number of hydrogen-bond acceptors (Lipinski definition) is 7. The number of Topliss-reactive ketones (excluding diaryl/α,β-unsaturated/α-hetero) is 1. The van der Waals surface area contributed by atoms with Crippen LogP contribution < -0.4 is 26.8 Å². The second-order valence-corrected chi connectivity index (χ2v) is 8.18. The molecule has 0 bridgehead atoms. The van der Waals surface area contributed by atoms with Gasteiger partial charge in [-0.25, -0.2) is 0 Å². The van der Waals surface area contributed by atoms with Gasteiger partial charge in [0, 0.05) is 49.9 Å². The van der Waals surface area contributed by atoms with Crippen LogP contribution >= 0.6 is 0 Å². The van der Waals surface area contributed by atoms with Crippen molar-refractivity contribution in [2.75, 3.05) is 28.6 Å². The Hall–Kier alpha value is -3.36. The Bertz CT molecular complexity index is 1070. The van der Waals surface area contributed by atoms with Gasteiger partial charge in [-0.1, -0.05) is 6.92 Å². The van der Waals surface area contributed by atoms with Gasteiger partial charge in [-0.3, -0.25) is 19.0 Å². The van der Waals surface area contributed by atoms with Crippen molar-refractivity contribution in [3.63, 3.8) is 0 Å². The summed E-state index contributed by atoms with van der Waals surface area (Å²) >= 11 is 0. The molecule has 1 fully saturated rings. The van der Waals surface area contributed by atoms with Crippen LogP contribution in [0.4, 0.5) is 23.1 Å². The Morgan fingerprint density at radius 1 is 1.22 bits per heavy atom. The Morgan fingerprint density at radius 2 is 1.91 bits per heavy atom. The first-order valence-corrected chi connectivity index (χ1v) is 11.1. The molecular formula is C23H32N6O3. The molecule has 0 saturated carbocycles. The monoisotopic (exact) mass is 440 g/mol. The minimum absolute atomic E-state index is 0.102. The van der Waals surface area contributed by atoms with E-state index in [0.717, 1.165) is 17.7 Å². The van der Waals surface area contributed by atoms with Crippen molar-refractivity contribution in [2.45, 2.75) is 59.5 Å². The van der Waals surface area contributed by atoms with Crippen LogP contribution in [0.15, 0.2) is 23.0 Å². The Morgan fingerprint density at radius 3 is 2.47 bits per heavy atom. The molecule has 1 saturated heterocycles. The second-order valence-electron chi connectivity index (χ2n) is 8.18. The van der Waals surface area contributed by atoms with Crippen molar-refractivity contribution in [1.29, 1.82) is 0 Å². The maximum atomic E-state index is 13.0. The highest BCUT2D eigenvalue weighted by Gasteiger charge is 2.22. The van der Waals surface area contributed by atoms with Crippen LogP contribution in [0, 0.1) is 6.92 Å². The lowest BCUT2D eigenvalue weighted by molar-refractivity contribution is -0.119. The number of hydrogen-bond donors (Lipinski definition) is 3. The van der Waals surface area contributed by atoms with Crippen LogP contribution in [0.5, 0.6) is 0 Å². The average Bonchev–Trinajstić information content (AvgIpc) is 2.74. The molecule has 4 N–H and O–H groups in total. The lowest BCUT2D eigenvalue weighted by Gasteiger charge is -2.29. The number of amides is 1. The fourth-order valence-electron chi connectivity index (χ4n) is 3.81. The molecule has 1 aromatic carbocycles. The summed E-state index contributed by atoms with van der Waals surface area (Å²) in [6.07, 6.45) is 1.97. The third-order valence-corrected chi connectivity index (χ3v) is 5.84. The predicted octanol–water partition coefficient (Wildman–Crippen LogP) is 2.79. The van der Waals surface area contributed by atoms with E-state index in [2.05, 4.69) is 20.5 Å². The van der Waals surface area contributed by atoms with E-state index < -0.39 is 11.5 Å². The molecule has 0 radical (unpaired) electrons. The number of rotatable bonds is 8. The highest BCUT2D eigenvalue weighted by atomic mass is 16.2. The number of aromatic nitrogens is 2. The van der Waals surface area contributed by atoms with E-state index in [4.69, 9.17) is 5.73 Å². The molecule has 2 aromatic rings. The molecule has 172 valence electrons. The van der Waals surface area contributed by atoms with E-state index in [9.17, 15) is 14.4 Å². The van der Waals surface area contributed by atoms with Crippen molar-refractivity contribution in [3.8, 4) is 0 Å². The summed E-state index contributed by atoms with van der Waals surface area (Å²) in [5.74, 6) is -0.00104. The van der Waals surface area contributed by atoms with Gasteiger partial charge in [0.15, 0.2) is 5.82 Å². The number of nitrogens with zero attached hydrogens (tertiary/aromatic N) is 3. The van der Waals surface area contributed by atoms with Crippen molar-refractivity contribution in [2.24, 2.45) is 5.73 Å². The number of carbonyl (C=O) groups excluding carboxylic acids is 2. The molecule has 2 heterocycles. The van der Waals surface area contributed by atoms with Gasteiger partial charge in [0.05, 0.1) is 0 Å². The van der Waals surface area contributed by atoms with E-state index in [-0.39, 0.29) is 17.4 Å². The third-order valence-electron chi connectivity index (χ3n) is 5.84. The summed E-state index contributed by atoms with van der Waals surface area (Å²) in [4.78, 5) is 43.4. The fourth-order valence-corrected chi connectivity index (χ4v) is 3.81. The second kappa shape index (κ2) is 9.84. The molecule has 9 heteroatoms. The Labute approximate surface area is 188 Å². The maximum Gasteiger partial charge on any atom is 0.269 e. The molecule has 1 aliphatic heterocycles.